The Kier molecular flexibility index (Phi) is 28.8. The van der Waals surface area contributed by atoms with Gasteiger partial charge in [-0.15, -0.1) is 0 Å². The SMILES string of the molecule is C.CC.CC.CC(C)C.CC(C)C.CC(C)C1=CC=C(S(C)(=O)=O)C1.CS(=O)(=O)C1=Cc2ccccc2C1.CS(=O)(=O)c1ccccc1. The molecule has 0 unspecified atom stereocenters. The third-order valence-electron chi connectivity index (χ3n) is 5.46. The molecule has 0 radical (unpaired) electrons. The number of sulfone groups is 3. The highest BCUT2D eigenvalue weighted by Gasteiger charge is 2.19. The van der Waals surface area contributed by atoms with E-state index in [-0.39, 0.29) is 7.43 Å². The van der Waals surface area contributed by atoms with Crippen LogP contribution in [0.2, 0.25) is 0 Å². The molecule has 2 aromatic carbocycles. The lowest BCUT2D eigenvalue weighted by molar-refractivity contribution is 0.601. The zero-order valence-corrected chi connectivity index (χ0v) is 34.2. The molecule has 4 rings (SSSR count). The van der Waals surface area contributed by atoms with Crippen molar-refractivity contribution in [1.29, 1.82) is 0 Å². The van der Waals surface area contributed by atoms with Gasteiger partial charge in [0.25, 0.3) is 0 Å². The van der Waals surface area contributed by atoms with Gasteiger partial charge in [-0.25, -0.2) is 25.3 Å². The molecule has 0 saturated carbocycles. The molecule has 6 nitrogen and oxygen atoms in total. The summed E-state index contributed by atoms with van der Waals surface area (Å²) in [6.45, 7) is 25.1. The van der Waals surface area contributed by atoms with Gasteiger partial charge in [0.2, 0.25) is 0 Å². The normalized spacial score (nSPS) is 12.8. The summed E-state index contributed by atoms with van der Waals surface area (Å²) in [6.07, 6.45) is 10.3. The predicted octanol–water partition coefficient (Wildman–Crippen LogP) is 10.6. The van der Waals surface area contributed by atoms with Crippen LogP contribution in [0.25, 0.3) is 6.08 Å². The fourth-order valence-electron chi connectivity index (χ4n) is 3.32. The van der Waals surface area contributed by atoms with Gasteiger partial charge >= 0.3 is 0 Å². The van der Waals surface area contributed by atoms with E-state index in [4.69, 9.17) is 0 Å². The van der Waals surface area contributed by atoms with Gasteiger partial charge in [0.1, 0.15) is 0 Å². The van der Waals surface area contributed by atoms with Gasteiger partial charge in [0.05, 0.1) is 4.90 Å². The van der Waals surface area contributed by atoms with Crippen LogP contribution in [0, 0.1) is 17.8 Å². The molecule has 2 aromatic rings. The number of hydrogen-bond acceptors (Lipinski definition) is 6. The van der Waals surface area contributed by atoms with Crippen molar-refractivity contribution in [2.75, 3.05) is 18.8 Å². The predicted molar refractivity (Wildman–Crippen MR) is 213 cm³/mol. The van der Waals surface area contributed by atoms with Gasteiger partial charge in [-0.2, -0.15) is 0 Å². The summed E-state index contributed by atoms with van der Waals surface area (Å²) in [4.78, 5) is 1.44. The van der Waals surface area contributed by atoms with Gasteiger partial charge in [0, 0.05) is 41.4 Å². The van der Waals surface area contributed by atoms with Crippen molar-refractivity contribution >= 4 is 35.6 Å². The Hall–Kier alpha value is -2.49. The maximum atomic E-state index is 11.2. The van der Waals surface area contributed by atoms with Crippen molar-refractivity contribution in [3.8, 4) is 0 Å². The van der Waals surface area contributed by atoms with E-state index in [1.54, 1.807) is 42.5 Å². The Morgan fingerprint density at radius 1 is 0.521 bits per heavy atom. The Bertz CT molecular complexity index is 1550. The maximum Gasteiger partial charge on any atom is 0.175 e. The molecule has 0 N–H and O–H groups in total. The third kappa shape index (κ3) is 25.5. The van der Waals surface area contributed by atoms with Crippen LogP contribution in [0.1, 0.15) is 108 Å². The quantitative estimate of drug-likeness (QED) is 0.310. The summed E-state index contributed by atoms with van der Waals surface area (Å²) in [7, 11) is -8.97. The average Bonchev–Trinajstić information content (AvgIpc) is 3.64. The molecular formula is C39H68O6S3. The largest absolute Gasteiger partial charge is 0.224 e. The molecule has 0 heterocycles. The van der Waals surface area contributed by atoms with E-state index >= 15 is 0 Å². The zero-order valence-electron chi connectivity index (χ0n) is 31.7. The van der Waals surface area contributed by atoms with E-state index in [9.17, 15) is 25.3 Å². The van der Waals surface area contributed by atoms with Crippen LogP contribution in [0.3, 0.4) is 0 Å². The van der Waals surface area contributed by atoms with Crippen molar-refractivity contribution in [2.45, 2.75) is 108 Å². The molecule has 0 bridgehead atoms. The lowest BCUT2D eigenvalue weighted by atomic mass is 10.0. The molecule has 0 fully saturated rings. The maximum absolute atomic E-state index is 11.2. The third-order valence-corrected chi connectivity index (χ3v) is 9.04. The van der Waals surface area contributed by atoms with Crippen molar-refractivity contribution in [3.63, 3.8) is 0 Å². The van der Waals surface area contributed by atoms with E-state index in [2.05, 4.69) is 55.4 Å². The first-order valence-electron chi connectivity index (χ1n) is 16.4. The van der Waals surface area contributed by atoms with E-state index in [1.165, 1.54) is 24.3 Å². The lowest BCUT2D eigenvalue weighted by Gasteiger charge is -2.06. The number of rotatable bonds is 4. The summed E-state index contributed by atoms with van der Waals surface area (Å²) < 4.78 is 66.3. The Balaban J connectivity index is -0.000000259. The molecule has 0 saturated heterocycles. The van der Waals surface area contributed by atoms with Crippen LogP contribution < -0.4 is 0 Å². The standard InChI is InChI=1S/C10H10O2S.C9H14O2S.C7H8O2S.2C4H10.2C2H6.CH4/c1-13(11,12)10-6-8-4-2-3-5-9(8)7-10;1-7(2)8-4-5-9(6-8)12(3,10)11;1-10(8,9)7-5-3-2-4-6-7;2*1-4(2)3;2*1-2;/h2-6H,7H2,1H3;4-5,7H,6H2,1-3H3;2-6H,1H3;2*4H,1-3H3;2*1-2H3;1H4. The number of allylic oxidation sites excluding steroid dienone is 5. The average molecular weight is 729 g/mol. The molecule has 0 aromatic heterocycles. The smallest absolute Gasteiger partial charge is 0.175 e. The number of benzene rings is 2. The lowest BCUT2D eigenvalue weighted by Crippen LogP contribution is -2.01. The van der Waals surface area contributed by atoms with Gasteiger partial charge in [-0.05, 0) is 53.2 Å². The molecule has 0 aliphatic heterocycles. The second-order valence-electron chi connectivity index (χ2n) is 12.3. The van der Waals surface area contributed by atoms with E-state index < -0.39 is 29.5 Å². The highest BCUT2D eigenvalue weighted by atomic mass is 32.2. The van der Waals surface area contributed by atoms with Crippen LogP contribution in [0.15, 0.2) is 87.0 Å². The van der Waals surface area contributed by atoms with Gasteiger partial charge in [-0.3, -0.25) is 0 Å². The first-order chi connectivity index (χ1) is 21.6. The Morgan fingerprint density at radius 2 is 0.917 bits per heavy atom. The topological polar surface area (TPSA) is 102 Å². The Labute approximate surface area is 297 Å². The summed E-state index contributed by atoms with van der Waals surface area (Å²) in [5.41, 5.74) is 3.33. The first-order valence-corrected chi connectivity index (χ1v) is 22.1. The van der Waals surface area contributed by atoms with Crippen molar-refractivity contribution in [1.82, 2.24) is 0 Å². The minimum atomic E-state index is -3.01. The van der Waals surface area contributed by atoms with Crippen LogP contribution in [0.4, 0.5) is 0 Å². The summed E-state index contributed by atoms with van der Waals surface area (Å²) in [6, 6.07) is 16.1. The Morgan fingerprint density at radius 3 is 1.21 bits per heavy atom. The van der Waals surface area contributed by atoms with Gasteiger partial charge in [-0.1, -0.05) is 145 Å². The highest BCUT2D eigenvalue weighted by Crippen LogP contribution is 2.28. The number of hydrogen-bond donors (Lipinski definition) is 0. The molecule has 0 spiro atoms. The summed E-state index contributed by atoms with van der Waals surface area (Å²) in [5, 5.41) is 0. The van der Waals surface area contributed by atoms with Crippen LogP contribution in [-0.4, -0.2) is 44.0 Å². The van der Waals surface area contributed by atoms with Gasteiger partial charge in [0.15, 0.2) is 29.5 Å². The van der Waals surface area contributed by atoms with Crippen LogP contribution in [-0.2, 0) is 35.9 Å². The van der Waals surface area contributed by atoms with Gasteiger partial charge < -0.3 is 0 Å². The van der Waals surface area contributed by atoms with Crippen molar-refractivity contribution in [2.24, 2.45) is 17.8 Å². The highest BCUT2D eigenvalue weighted by molar-refractivity contribution is 7.95. The molecule has 2 aliphatic rings. The summed E-state index contributed by atoms with van der Waals surface area (Å²) in [5.74, 6) is 2.11. The molecular weight excluding hydrogens is 661 g/mol. The fraction of sp³-hybridized carbons (Fsp3) is 0.538. The second-order valence-corrected chi connectivity index (χ2v) is 18.4. The van der Waals surface area contributed by atoms with E-state index in [0.29, 0.717) is 33.5 Å². The zero-order chi connectivity index (χ0) is 37.6. The second kappa shape index (κ2) is 26.4. The summed E-state index contributed by atoms with van der Waals surface area (Å²) >= 11 is 0. The molecule has 2 aliphatic carbocycles. The molecule has 0 amide bonds. The molecule has 278 valence electrons. The van der Waals surface area contributed by atoms with Crippen molar-refractivity contribution < 1.29 is 25.3 Å². The van der Waals surface area contributed by atoms with Crippen LogP contribution >= 0.6 is 0 Å². The van der Waals surface area contributed by atoms with E-state index in [1.807, 2.05) is 58.0 Å². The monoisotopic (exact) mass is 728 g/mol. The minimum absolute atomic E-state index is 0. The number of fused-ring (bicyclic) bond motifs is 1. The first kappa shape index (κ1) is 52.3. The molecule has 48 heavy (non-hydrogen) atoms. The fourth-order valence-corrected chi connectivity index (χ4v) is 5.48. The minimum Gasteiger partial charge on any atom is -0.224 e. The van der Waals surface area contributed by atoms with E-state index in [0.717, 1.165) is 23.0 Å². The molecule has 9 heteroatoms. The van der Waals surface area contributed by atoms with Crippen LogP contribution in [0.5, 0.6) is 0 Å². The molecule has 0 atom stereocenters. The van der Waals surface area contributed by atoms with Crippen molar-refractivity contribution in [3.05, 3.63) is 93.3 Å².